The number of carbonyl (C=O) groups is 1. The maximum absolute atomic E-state index is 11.2. The van der Waals surface area contributed by atoms with Gasteiger partial charge < -0.3 is 4.74 Å². The molecule has 0 heterocycles. The van der Waals surface area contributed by atoms with Crippen LogP contribution in [0, 0.1) is 0 Å². The van der Waals surface area contributed by atoms with Crippen molar-refractivity contribution in [1.29, 1.82) is 0 Å². The SMILES string of the molecule is CCS(=O)(=O)CCOc1c(Cl)cccc1C=O. The molecule has 6 heteroatoms. The number of hydrogen-bond donors (Lipinski definition) is 0. The molecule has 0 atom stereocenters. The van der Waals surface area contributed by atoms with Crippen molar-refractivity contribution >= 4 is 27.7 Å². The molecule has 0 spiro atoms. The summed E-state index contributed by atoms with van der Waals surface area (Å²) in [6.45, 7) is 1.56. The summed E-state index contributed by atoms with van der Waals surface area (Å²) in [6, 6.07) is 4.77. The highest BCUT2D eigenvalue weighted by Gasteiger charge is 2.11. The van der Waals surface area contributed by atoms with Gasteiger partial charge in [0.05, 0.1) is 16.3 Å². The Balaban J connectivity index is 2.73. The van der Waals surface area contributed by atoms with E-state index in [0.717, 1.165) is 0 Å². The van der Waals surface area contributed by atoms with Crippen LogP contribution in [0.2, 0.25) is 5.02 Å². The standard InChI is InChI=1S/C11H13ClO4S/c1-2-17(14,15)7-6-16-11-9(8-13)4-3-5-10(11)12/h3-5,8H,2,6-7H2,1H3. The van der Waals surface area contributed by atoms with Crippen molar-refractivity contribution < 1.29 is 17.9 Å². The van der Waals surface area contributed by atoms with E-state index in [-0.39, 0.29) is 23.9 Å². The van der Waals surface area contributed by atoms with Crippen molar-refractivity contribution in [3.05, 3.63) is 28.8 Å². The minimum Gasteiger partial charge on any atom is -0.490 e. The van der Waals surface area contributed by atoms with Gasteiger partial charge in [0.2, 0.25) is 0 Å². The predicted octanol–water partition coefficient (Wildman–Crippen LogP) is 1.97. The largest absolute Gasteiger partial charge is 0.490 e. The molecule has 94 valence electrons. The van der Waals surface area contributed by atoms with Crippen LogP contribution >= 0.6 is 11.6 Å². The van der Waals surface area contributed by atoms with Gasteiger partial charge in [-0.3, -0.25) is 4.79 Å². The quantitative estimate of drug-likeness (QED) is 0.745. The van der Waals surface area contributed by atoms with Crippen LogP contribution in [0.15, 0.2) is 18.2 Å². The lowest BCUT2D eigenvalue weighted by atomic mass is 10.2. The molecule has 0 saturated carbocycles. The summed E-state index contributed by atoms with van der Waals surface area (Å²) in [4.78, 5) is 10.7. The first-order valence-corrected chi connectivity index (χ1v) is 7.27. The molecule has 1 aromatic rings. The number of carbonyl (C=O) groups excluding carboxylic acids is 1. The molecule has 1 rings (SSSR count). The van der Waals surface area contributed by atoms with Crippen LogP contribution in [0.4, 0.5) is 0 Å². The van der Waals surface area contributed by atoms with Crippen LogP contribution in [-0.2, 0) is 9.84 Å². The van der Waals surface area contributed by atoms with E-state index >= 15 is 0 Å². The molecule has 0 bridgehead atoms. The lowest BCUT2D eigenvalue weighted by molar-refractivity contribution is 0.112. The lowest BCUT2D eigenvalue weighted by Gasteiger charge is -2.09. The summed E-state index contributed by atoms with van der Waals surface area (Å²) < 4.78 is 27.7. The Hall–Kier alpha value is -1.07. The highest BCUT2D eigenvalue weighted by Crippen LogP contribution is 2.27. The van der Waals surface area contributed by atoms with Gasteiger partial charge in [-0.25, -0.2) is 8.42 Å². The zero-order chi connectivity index (χ0) is 12.9. The minimum absolute atomic E-state index is 0.0131. The molecule has 0 N–H and O–H groups in total. The molecule has 1 aromatic carbocycles. The molecule has 0 radical (unpaired) electrons. The summed E-state index contributed by atoms with van der Waals surface area (Å²) in [5, 5.41) is 0.295. The van der Waals surface area contributed by atoms with Crippen LogP contribution in [0.1, 0.15) is 17.3 Å². The monoisotopic (exact) mass is 276 g/mol. The maximum atomic E-state index is 11.2. The number of para-hydroxylation sites is 1. The highest BCUT2D eigenvalue weighted by molar-refractivity contribution is 7.91. The maximum Gasteiger partial charge on any atom is 0.153 e. The van der Waals surface area contributed by atoms with Gasteiger partial charge in [0.15, 0.2) is 16.1 Å². The third kappa shape index (κ3) is 4.02. The second-order valence-electron chi connectivity index (χ2n) is 3.36. The molecule has 4 nitrogen and oxygen atoms in total. The molecule has 0 aliphatic carbocycles. The number of ether oxygens (including phenoxy) is 1. The fraction of sp³-hybridized carbons (Fsp3) is 0.364. The third-order valence-electron chi connectivity index (χ3n) is 2.20. The molecular formula is C11H13ClO4S. The Morgan fingerprint density at radius 1 is 1.41 bits per heavy atom. The number of rotatable bonds is 6. The molecule has 0 amide bonds. The second-order valence-corrected chi connectivity index (χ2v) is 6.24. The third-order valence-corrected chi connectivity index (χ3v) is 4.17. The van der Waals surface area contributed by atoms with Crippen LogP contribution < -0.4 is 4.74 Å². The van der Waals surface area contributed by atoms with Crippen LogP contribution in [0.5, 0.6) is 5.75 Å². The van der Waals surface area contributed by atoms with Crippen LogP contribution in [0.25, 0.3) is 0 Å². The van der Waals surface area contributed by atoms with Gasteiger partial charge in [-0.15, -0.1) is 0 Å². The van der Waals surface area contributed by atoms with Gasteiger partial charge in [-0.1, -0.05) is 24.6 Å². The Bertz CT molecular complexity index is 496. The van der Waals surface area contributed by atoms with Crippen molar-refractivity contribution in [2.24, 2.45) is 0 Å². The number of halogens is 1. The highest BCUT2D eigenvalue weighted by atomic mass is 35.5. The Morgan fingerprint density at radius 2 is 2.12 bits per heavy atom. The minimum atomic E-state index is -3.08. The average molecular weight is 277 g/mol. The number of hydrogen-bond acceptors (Lipinski definition) is 4. The van der Waals surface area contributed by atoms with E-state index in [9.17, 15) is 13.2 Å². The Kier molecular flexibility index (Phi) is 4.96. The van der Waals surface area contributed by atoms with Crippen molar-refractivity contribution in [3.8, 4) is 5.75 Å². The van der Waals surface area contributed by atoms with E-state index in [2.05, 4.69) is 0 Å². The van der Waals surface area contributed by atoms with E-state index in [4.69, 9.17) is 16.3 Å². The summed E-state index contributed by atoms with van der Waals surface area (Å²) >= 11 is 5.86. The Morgan fingerprint density at radius 3 is 2.71 bits per heavy atom. The summed E-state index contributed by atoms with van der Waals surface area (Å²) in [5.74, 6) is 0.211. The number of benzene rings is 1. The first-order valence-electron chi connectivity index (χ1n) is 5.07. The second kappa shape index (κ2) is 6.02. The molecule has 0 fully saturated rings. The molecule has 17 heavy (non-hydrogen) atoms. The van der Waals surface area contributed by atoms with E-state index in [1.807, 2.05) is 0 Å². The van der Waals surface area contributed by atoms with Gasteiger partial charge >= 0.3 is 0 Å². The van der Waals surface area contributed by atoms with E-state index < -0.39 is 9.84 Å². The van der Waals surface area contributed by atoms with Crippen molar-refractivity contribution in [2.75, 3.05) is 18.1 Å². The van der Waals surface area contributed by atoms with Gasteiger partial charge in [0.25, 0.3) is 0 Å². The van der Waals surface area contributed by atoms with Crippen LogP contribution in [0.3, 0.4) is 0 Å². The first-order chi connectivity index (χ1) is 8.00. The van der Waals surface area contributed by atoms with Crippen molar-refractivity contribution in [1.82, 2.24) is 0 Å². The fourth-order valence-corrected chi connectivity index (χ4v) is 2.05. The lowest BCUT2D eigenvalue weighted by Crippen LogP contribution is -2.16. The van der Waals surface area contributed by atoms with Crippen molar-refractivity contribution in [2.45, 2.75) is 6.92 Å². The van der Waals surface area contributed by atoms with Gasteiger partial charge in [-0.05, 0) is 12.1 Å². The molecular weight excluding hydrogens is 264 g/mol. The van der Waals surface area contributed by atoms with Gasteiger partial charge in [0, 0.05) is 5.75 Å². The van der Waals surface area contributed by atoms with Gasteiger partial charge in [-0.2, -0.15) is 0 Å². The van der Waals surface area contributed by atoms with Crippen LogP contribution in [-0.4, -0.2) is 32.8 Å². The van der Waals surface area contributed by atoms with Gasteiger partial charge in [0.1, 0.15) is 12.4 Å². The molecule has 0 saturated heterocycles. The summed E-state index contributed by atoms with van der Waals surface area (Å²) in [6.07, 6.45) is 0.621. The van der Waals surface area contributed by atoms with E-state index in [1.165, 1.54) is 0 Å². The van der Waals surface area contributed by atoms with E-state index in [1.54, 1.807) is 25.1 Å². The number of sulfone groups is 1. The molecule has 0 aromatic heterocycles. The topological polar surface area (TPSA) is 60.4 Å². The zero-order valence-corrected chi connectivity index (χ0v) is 10.9. The molecule has 0 unspecified atom stereocenters. The summed E-state index contributed by atoms with van der Waals surface area (Å²) in [5.41, 5.74) is 0.311. The molecule has 0 aliphatic heterocycles. The summed E-state index contributed by atoms with van der Waals surface area (Å²) in [7, 11) is -3.08. The normalized spacial score (nSPS) is 11.2. The molecule has 0 aliphatic rings. The first kappa shape index (κ1) is 14.0. The Labute approximate surface area is 105 Å². The average Bonchev–Trinajstić information content (AvgIpc) is 2.31. The number of aldehydes is 1. The van der Waals surface area contributed by atoms with E-state index in [0.29, 0.717) is 16.9 Å². The fourth-order valence-electron chi connectivity index (χ4n) is 1.19. The smallest absolute Gasteiger partial charge is 0.153 e. The predicted molar refractivity (Wildman–Crippen MR) is 66.7 cm³/mol. The zero-order valence-electron chi connectivity index (χ0n) is 9.35. The van der Waals surface area contributed by atoms with Crippen molar-refractivity contribution in [3.63, 3.8) is 0 Å².